The molecule has 2 heterocycles. The zero-order chi connectivity index (χ0) is 40.0. The maximum absolute atomic E-state index is 6.30. The van der Waals surface area contributed by atoms with E-state index in [4.69, 9.17) is 14.4 Å². The Morgan fingerprint density at radius 1 is 0.367 bits per heavy atom. The van der Waals surface area contributed by atoms with Gasteiger partial charge in [-0.15, -0.1) is 0 Å². The predicted molar refractivity (Wildman–Crippen MR) is 249 cm³/mol. The van der Waals surface area contributed by atoms with Crippen molar-refractivity contribution in [2.24, 2.45) is 0 Å². The van der Waals surface area contributed by atoms with Crippen LogP contribution in [0.3, 0.4) is 0 Å². The van der Waals surface area contributed by atoms with E-state index in [1.165, 1.54) is 60.7 Å². The highest BCUT2D eigenvalue weighted by Crippen LogP contribution is 2.54. The molecule has 0 saturated carbocycles. The van der Waals surface area contributed by atoms with Crippen LogP contribution >= 0.6 is 0 Å². The van der Waals surface area contributed by atoms with Gasteiger partial charge in [-0.05, 0) is 84.3 Å². The lowest BCUT2D eigenvalue weighted by molar-refractivity contribution is 0.668. The number of fused-ring (bicyclic) bond motifs is 9. The number of furan rings is 1. The van der Waals surface area contributed by atoms with Gasteiger partial charge in [0, 0.05) is 32.9 Å². The van der Waals surface area contributed by atoms with E-state index in [1.807, 2.05) is 42.5 Å². The van der Waals surface area contributed by atoms with E-state index in [0.29, 0.717) is 5.82 Å². The average Bonchev–Trinajstić information content (AvgIpc) is 3.81. The molecule has 60 heavy (non-hydrogen) atoms. The smallest absolute Gasteiger partial charge is 0.160 e. The molecule has 0 bridgehead atoms. The molecule has 0 spiro atoms. The fourth-order valence-electron chi connectivity index (χ4n) is 10.0. The van der Waals surface area contributed by atoms with Crippen molar-refractivity contribution in [1.82, 2.24) is 9.97 Å². The fraction of sp³-hybridized carbons (Fsp3) is 0.0526. The number of benzene rings is 9. The van der Waals surface area contributed by atoms with Crippen LogP contribution in [-0.4, -0.2) is 9.97 Å². The van der Waals surface area contributed by atoms with E-state index in [-0.39, 0.29) is 5.41 Å². The molecule has 0 fully saturated rings. The number of hydrogen-bond acceptors (Lipinski definition) is 3. The monoisotopic (exact) mass is 766 g/mol. The molecule has 0 saturated heterocycles. The summed E-state index contributed by atoms with van der Waals surface area (Å²) in [7, 11) is 0. The summed E-state index contributed by atoms with van der Waals surface area (Å²) in [4.78, 5) is 10.5. The molecule has 0 N–H and O–H groups in total. The van der Waals surface area contributed by atoms with Crippen molar-refractivity contribution in [2.75, 3.05) is 0 Å². The minimum Gasteiger partial charge on any atom is -0.456 e. The third kappa shape index (κ3) is 5.22. The van der Waals surface area contributed by atoms with E-state index >= 15 is 0 Å². The summed E-state index contributed by atoms with van der Waals surface area (Å²) in [5.41, 5.74) is 16.7. The molecule has 9 aromatic carbocycles. The third-order valence-corrected chi connectivity index (χ3v) is 12.7. The molecule has 3 heteroatoms. The Kier molecular flexibility index (Phi) is 7.58. The lowest BCUT2D eigenvalue weighted by Crippen LogP contribution is -2.16. The van der Waals surface area contributed by atoms with E-state index < -0.39 is 0 Å². The van der Waals surface area contributed by atoms with E-state index in [9.17, 15) is 0 Å². The standard InChI is InChI=1S/C57H38N2O/c1-57(2)54-41(21-12-22-45(54)46-31-30-35-14-6-7-17-40(35)55(46)57)37-28-26-36(27-29-37)39-32-33-44(43-19-9-8-18-42(39)43)49-34-50(59-56(58-49)38-15-4-3-5-16-38)47-23-13-25-52-53(47)48-20-10-11-24-51(48)60-52/h3-34H,1-2H3. The number of hydrogen-bond donors (Lipinski definition) is 0. The molecule has 2 aromatic heterocycles. The molecule has 11 aromatic rings. The number of para-hydroxylation sites is 1. The topological polar surface area (TPSA) is 38.9 Å². The van der Waals surface area contributed by atoms with Gasteiger partial charge in [-0.1, -0.05) is 190 Å². The van der Waals surface area contributed by atoms with Crippen molar-refractivity contribution in [1.29, 1.82) is 0 Å². The molecule has 0 amide bonds. The lowest BCUT2D eigenvalue weighted by atomic mass is 9.77. The molecule has 1 aliphatic carbocycles. The Morgan fingerprint density at radius 2 is 0.917 bits per heavy atom. The van der Waals surface area contributed by atoms with Gasteiger partial charge >= 0.3 is 0 Å². The van der Waals surface area contributed by atoms with Crippen LogP contribution in [0.4, 0.5) is 0 Å². The van der Waals surface area contributed by atoms with Crippen LogP contribution in [0.1, 0.15) is 25.0 Å². The first-order valence-corrected chi connectivity index (χ1v) is 20.7. The average molecular weight is 767 g/mol. The van der Waals surface area contributed by atoms with Crippen molar-refractivity contribution in [3.63, 3.8) is 0 Å². The van der Waals surface area contributed by atoms with Crippen molar-refractivity contribution < 1.29 is 4.42 Å². The Balaban J connectivity index is 0.973. The molecule has 0 atom stereocenters. The maximum atomic E-state index is 6.30. The van der Waals surface area contributed by atoms with E-state index in [2.05, 4.69) is 166 Å². The zero-order valence-corrected chi connectivity index (χ0v) is 33.3. The van der Waals surface area contributed by atoms with Crippen molar-refractivity contribution in [2.45, 2.75) is 19.3 Å². The zero-order valence-electron chi connectivity index (χ0n) is 33.3. The fourth-order valence-corrected chi connectivity index (χ4v) is 10.0. The second-order valence-corrected chi connectivity index (χ2v) is 16.5. The summed E-state index contributed by atoms with van der Waals surface area (Å²) >= 11 is 0. The second kappa shape index (κ2) is 13.2. The highest BCUT2D eigenvalue weighted by Gasteiger charge is 2.38. The molecule has 3 nitrogen and oxygen atoms in total. The van der Waals surface area contributed by atoms with Crippen LogP contribution in [0.5, 0.6) is 0 Å². The van der Waals surface area contributed by atoms with Gasteiger partial charge in [-0.3, -0.25) is 0 Å². The van der Waals surface area contributed by atoms with Crippen molar-refractivity contribution >= 4 is 43.5 Å². The number of rotatable bonds is 5. The minimum atomic E-state index is -0.146. The first-order valence-electron chi connectivity index (χ1n) is 20.7. The van der Waals surface area contributed by atoms with Gasteiger partial charge in [0.15, 0.2) is 5.82 Å². The summed E-state index contributed by atoms with van der Waals surface area (Å²) in [5.74, 6) is 0.684. The highest BCUT2D eigenvalue weighted by molar-refractivity contribution is 6.12. The van der Waals surface area contributed by atoms with Crippen molar-refractivity contribution in [3.8, 4) is 67.3 Å². The lowest BCUT2D eigenvalue weighted by Gasteiger charge is -2.26. The van der Waals surface area contributed by atoms with Gasteiger partial charge in [-0.25, -0.2) is 9.97 Å². The Morgan fingerprint density at radius 3 is 1.72 bits per heavy atom. The molecule has 282 valence electrons. The van der Waals surface area contributed by atoms with Crippen molar-refractivity contribution in [3.05, 3.63) is 205 Å². The Bertz CT molecular complexity index is 3500. The van der Waals surface area contributed by atoms with Gasteiger partial charge in [0.2, 0.25) is 0 Å². The largest absolute Gasteiger partial charge is 0.456 e. The van der Waals surface area contributed by atoms with E-state index in [1.54, 1.807) is 0 Å². The molecular formula is C57H38N2O. The second-order valence-electron chi connectivity index (χ2n) is 16.5. The first-order chi connectivity index (χ1) is 29.5. The van der Waals surface area contributed by atoms with Crippen LogP contribution in [0, 0.1) is 0 Å². The quantitative estimate of drug-likeness (QED) is 0.175. The highest BCUT2D eigenvalue weighted by atomic mass is 16.3. The number of aromatic nitrogens is 2. The molecule has 12 rings (SSSR count). The Labute approximate surface area is 348 Å². The number of nitrogens with zero attached hydrogens (tertiary/aromatic N) is 2. The summed E-state index contributed by atoms with van der Waals surface area (Å²) < 4.78 is 6.30. The van der Waals surface area contributed by atoms with Gasteiger partial charge in [0.1, 0.15) is 11.2 Å². The van der Waals surface area contributed by atoms with Crippen LogP contribution in [0.25, 0.3) is 111 Å². The summed E-state index contributed by atoms with van der Waals surface area (Å²) in [6.45, 7) is 4.78. The van der Waals surface area contributed by atoms with Crippen LogP contribution in [0.2, 0.25) is 0 Å². The SMILES string of the molecule is CC1(C)c2c(-c3ccc(-c4ccc(-c5cc(-c6cccc7oc8ccccc8c67)nc(-c6ccccc6)n5)c5ccccc45)cc3)cccc2-c2ccc3ccccc3c21. The first kappa shape index (κ1) is 34.4. The third-order valence-electron chi connectivity index (χ3n) is 12.7. The molecule has 0 aliphatic heterocycles. The Hall–Kier alpha value is -7.62. The summed E-state index contributed by atoms with van der Waals surface area (Å²) in [5, 5.41) is 7.08. The van der Waals surface area contributed by atoms with Crippen LogP contribution < -0.4 is 0 Å². The van der Waals surface area contributed by atoms with Gasteiger partial charge in [0.25, 0.3) is 0 Å². The minimum absolute atomic E-state index is 0.146. The van der Waals surface area contributed by atoms with Crippen LogP contribution in [-0.2, 0) is 5.41 Å². The maximum Gasteiger partial charge on any atom is 0.160 e. The van der Waals surface area contributed by atoms with Gasteiger partial charge in [0.05, 0.1) is 11.4 Å². The predicted octanol–water partition coefficient (Wildman–Crippen LogP) is 15.3. The summed E-state index contributed by atoms with van der Waals surface area (Å²) in [6, 6.07) is 69.4. The molecule has 0 radical (unpaired) electrons. The molecular weight excluding hydrogens is 729 g/mol. The molecule has 0 unspecified atom stereocenters. The normalized spacial score (nSPS) is 13.0. The van der Waals surface area contributed by atoms with Gasteiger partial charge in [-0.2, -0.15) is 0 Å². The van der Waals surface area contributed by atoms with E-state index in [0.717, 1.165) is 55.4 Å². The van der Waals surface area contributed by atoms with Gasteiger partial charge < -0.3 is 4.42 Å². The molecule has 1 aliphatic rings. The van der Waals surface area contributed by atoms with Crippen LogP contribution in [0.15, 0.2) is 199 Å². The summed E-state index contributed by atoms with van der Waals surface area (Å²) in [6.07, 6.45) is 0.